The van der Waals surface area contributed by atoms with Crippen LogP contribution in [0, 0.1) is 17.5 Å². The molecule has 0 saturated carbocycles. The predicted octanol–water partition coefficient (Wildman–Crippen LogP) is 2.35. The van der Waals surface area contributed by atoms with Crippen molar-refractivity contribution in [2.75, 3.05) is 20.8 Å². The van der Waals surface area contributed by atoms with Crippen molar-refractivity contribution >= 4 is 17.5 Å². The molecule has 0 aliphatic carbocycles. The normalized spacial score (nSPS) is 23.7. The summed E-state index contributed by atoms with van der Waals surface area (Å²) >= 11 is 6.03. The van der Waals surface area contributed by atoms with E-state index in [9.17, 15) is 28.2 Å². The zero-order valence-corrected chi connectivity index (χ0v) is 20.5. The highest BCUT2D eigenvalue weighted by molar-refractivity contribution is 6.30. The zero-order chi connectivity index (χ0) is 26.9. The number of aliphatic hydroxyl groups is 2. The summed E-state index contributed by atoms with van der Waals surface area (Å²) in [5.74, 6) is -4.92. The van der Waals surface area contributed by atoms with E-state index in [1.807, 2.05) is 0 Å². The summed E-state index contributed by atoms with van der Waals surface area (Å²) in [6.45, 7) is -0.423. The fraction of sp³-hybridized carbons (Fsp3) is 0.375. The van der Waals surface area contributed by atoms with Gasteiger partial charge in [-0.3, -0.25) is 4.79 Å². The maximum Gasteiger partial charge on any atom is 0.254 e. The fourth-order valence-electron chi connectivity index (χ4n) is 4.32. The molecule has 37 heavy (non-hydrogen) atoms. The minimum atomic E-state index is -1.62. The molecule has 0 radical (unpaired) electrons. The van der Waals surface area contributed by atoms with Crippen LogP contribution in [0.25, 0.3) is 11.3 Å². The second-order valence-corrected chi connectivity index (χ2v) is 9.06. The summed E-state index contributed by atoms with van der Waals surface area (Å²) in [7, 11) is 2.87. The first-order valence-electron chi connectivity index (χ1n) is 11.2. The molecule has 198 valence electrons. The van der Waals surface area contributed by atoms with Crippen LogP contribution in [0.5, 0.6) is 0 Å². The van der Waals surface area contributed by atoms with Gasteiger partial charge in [-0.1, -0.05) is 28.9 Å². The third kappa shape index (κ3) is 5.48. The molecule has 4 rings (SSSR count). The Bertz CT molecular complexity index is 1260. The van der Waals surface area contributed by atoms with Crippen LogP contribution in [0.3, 0.4) is 0 Å². The smallest absolute Gasteiger partial charge is 0.254 e. The number of ether oxygens (including phenoxy) is 2. The summed E-state index contributed by atoms with van der Waals surface area (Å²) in [5.41, 5.74) is 0.654. The van der Waals surface area contributed by atoms with Gasteiger partial charge in [-0.05, 0) is 29.8 Å². The monoisotopic (exact) mass is 540 g/mol. The molecule has 2 heterocycles. The van der Waals surface area contributed by atoms with Gasteiger partial charge in [0.1, 0.15) is 30.0 Å². The minimum absolute atomic E-state index is 0.0205. The summed E-state index contributed by atoms with van der Waals surface area (Å²) in [6, 6.07) is 7.40. The first-order valence-corrected chi connectivity index (χ1v) is 11.6. The number of likely N-dealkylation sites (N-methyl/N-ethyl adjacent to an activating group) is 1. The molecule has 2 N–H and O–H groups in total. The number of carbonyl (C=O) groups is 1. The Morgan fingerprint density at radius 1 is 1.24 bits per heavy atom. The second-order valence-electron chi connectivity index (χ2n) is 8.62. The molecule has 1 saturated heterocycles. The number of methoxy groups -OCH3 is 1. The number of rotatable bonds is 7. The lowest BCUT2D eigenvalue weighted by molar-refractivity contribution is -0.216. The molecule has 1 fully saturated rings. The predicted molar refractivity (Wildman–Crippen MR) is 125 cm³/mol. The summed E-state index contributed by atoms with van der Waals surface area (Å²) in [5, 5.41) is 29.1. The number of aromatic nitrogens is 3. The zero-order valence-electron chi connectivity index (χ0n) is 19.8. The van der Waals surface area contributed by atoms with E-state index in [0.29, 0.717) is 5.02 Å². The largest absolute Gasteiger partial charge is 0.394 e. The van der Waals surface area contributed by atoms with Crippen molar-refractivity contribution in [1.29, 1.82) is 0 Å². The molecule has 1 aliphatic heterocycles. The van der Waals surface area contributed by atoms with Gasteiger partial charge in [-0.15, -0.1) is 5.10 Å². The van der Waals surface area contributed by atoms with Gasteiger partial charge in [0.2, 0.25) is 0 Å². The van der Waals surface area contributed by atoms with Gasteiger partial charge in [-0.25, -0.2) is 17.9 Å². The van der Waals surface area contributed by atoms with Crippen molar-refractivity contribution in [3.8, 4) is 11.3 Å². The molecule has 9 nitrogen and oxygen atoms in total. The Labute approximate surface area is 215 Å². The third-order valence-electron chi connectivity index (χ3n) is 6.16. The number of amides is 1. The molecule has 1 aromatic heterocycles. The fourth-order valence-corrected chi connectivity index (χ4v) is 4.53. The van der Waals surface area contributed by atoms with Crippen LogP contribution in [0.15, 0.2) is 42.6 Å². The summed E-state index contributed by atoms with van der Waals surface area (Å²) in [4.78, 5) is 14.8. The van der Waals surface area contributed by atoms with E-state index < -0.39 is 60.4 Å². The van der Waals surface area contributed by atoms with E-state index in [2.05, 4.69) is 10.3 Å². The van der Waals surface area contributed by atoms with Gasteiger partial charge in [0.15, 0.2) is 23.6 Å². The van der Waals surface area contributed by atoms with Crippen molar-refractivity contribution in [2.24, 2.45) is 0 Å². The highest BCUT2D eigenvalue weighted by Crippen LogP contribution is 2.34. The first kappa shape index (κ1) is 27.0. The number of carbonyl (C=O) groups excluding carboxylic acids is 1. The van der Waals surface area contributed by atoms with E-state index in [4.69, 9.17) is 21.1 Å². The SMILES string of the molecule is CO[C@@H]1[C@@H](n2cc(-c3cc(F)c(F)c(F)c3)nn2)[C@@H](O)[C@@H](CO)O[C@H]1C(=O)N(C)Cc1cccc(Cl)c1. The van der Waals surface area contributed by atoms with E-state index in [0.717, 1.165) is 22.4 Å². The average Bonchev–Trinajstić information content (AvgIpc) is 3.36. The lowest BCUT2D eigenvalue weighted by Gasteiger charge is -2.43. The number of aliphatic hydroxyl groups excluding tert-OH is 2. The van der Waals surface area contributed by atoms with Gasteiger partial charge < -0.3 is 24.6 Å². The van der Waals surface area contributed by atoms with Gasteiger partial charge in [0, 0.05) is 31.3 Å². The molecule has 0 bridgehead atoms. The molecule has 13 heteroatoms. The van der Waals surface area contributed by atoms with Crippen molar-refractivity contribution in [3.63, 3.8) is 0 Å². The third-order valence-corrected chi connectivity index (χ3v) is 6.40. The van der Waals surface area contributed by atoms with Crippen LogP contribution < -0.4 is 0 Å². The highest BCUT2D eigenvalue weighted by Gasteiger charge is 2.50. The number of benzene rings is 2. The summed E-state index contributed by atoms with van der Waals surface area (Å²) < 4.78 is 53.3. The van der Waals surface area contributed by atoms with Crippen LogP contribution in [0.1, 0.15) is 11.6 Å². The molecular formula is C24H24ClF3N4O5. The Morgan fingerprint density at radius 3 is 2.57 bits per heavy atom. The topological polar surface area (TPSA) is 110 Å². The molecule has 5 atom stereocenters. The minimum Gasteiger partial charge on any atom is -0.394 e. The number of halogens is 4. The molecule has 0 unspecified atom stereocenters. The lowest BCUT2D eigenvalue weighted by atomic mass is 9.91. The molecule has 3 aromatic rings. The Balaban J connectivity index is 1.63. The Kier molecular flexibility index (Phi) is 8.14. The van der Waals surface area contributed by atoms with Crippen LogP contribution in [0.2, 0.25) is 5.02 Å². The Hall–Kier alpha value is -3.03. The highest BCUT2D eigenvalue weighted by atomic mass is 35.5. The van der Waals surface area contributed by atoms with E-state index >= 15 is 0 Å². The number of hydrogen-bond donors (Lipinski definition) is 2. The molecular weight excluding hydrogens is 517 g/mol. The summed E-state index contributed by atoms with van der Waals surface area (Å²) in [6.07, 6.45) is -3.66. The van der Waals surface area contributed by atoms with Crippen molar-refractivity contribution in [3.05, 3.63) is 70.6 Å². The van der Waals surface area contributed by atoms with E-state index in [1.54, 1.807) is 31.3 Å². The maximum absolute atomic E-state index is 13.7. The molecule has 0 spiro atoms. The average molecular weight is 541 g/mol. The van der Waals surface area contributed by atoms with Crippen molar-refractivity contribution in [1.82, 2.24) is 19.9 Å². The van der Waals surface area contributed by atoms with Crippen molar-refractivity contribution < 1.29 is 37.7 Å². The van der Waals surface area contributed by atoms with E-state index in [1.165, 1.54) is 18.2 Å². The van der Waals surface area contributed by atoms with Crippen molar-refractivity contribution in [2.45, 2.75) is 37.0 Å². The first-order chi connectivity index (χ1) is 17.6. The molecule has 2 aromatic carbocycles. The number of hydrogen-bond acceptors (Lipinski definition) is 7. The van der Waals surface area contributed by atoms with Gasteiger partial charge in [0.25, 0.3) is 5.91 Å². The maximum atomic E-state index is 13.7. The quantitative estimate of drug-likeness (QED) is 0.443. The second kappa shape index (κ2) is 11.2. The van der Waals surface area contributed by atoms with Crippen LogP contribution in [0.4, 0.5) is 13.2 Å². The van der Waals surface area contributed by atoms with Gasteiger partial charge >= 0.3 is 0 Å². The van der Waals surface area contributed by atoms with Gasteiger partial charge in [0.05, 0.1) is 12.8 Å². The van der Waals surface area contributed by atoms with Crippen LogP contribution >= 0.6 is 11.6 Å². The van der Waals surface area contributed by atoms with Gasteiger partial charge in [-0.2, -0.15) is 0 Å². The van der Waals surface area contributed by atoms with Crippen LogP contribution in [-0.2, 0) is 20.8 Å². The van der Waals surface area contributed by atoms with Crippen LogP contribution in [-0.4, -0.2) is 81.2 Å². The van der Waals surface area contributed by atoms with E-state index in [-0.39, 0.29) is 17.8 Å². The Morgan fingerprint density at radius 2 is 1.95 bits per heavy atom. The standard InChI is InChI=1S/C24H24ClF3N4O5/c1-31(9-12-4-3-5-14(25)6-12)24(35)23-22(36-2)20(21(34)18(11-33)37-23)32-10-17(29-30-32)13-7-15(26)19(28)16(27)8-13/h3-8,10,18,20-23,33-34H,9,11H2,1-2H3/t18-,20+,21+,22-,23-/m1/s1. The molecule has 1 amide bonds. The lowest BCUT2D eigenvalue weighted by Crippen LogP contribution is -2.60. The number of nitrogens with zero attached hydrogens (tertiary/aromatic N) is 4. The molecule has 1 aliphatic rings.